The minimum atomic E-state index is 0.336. The molecule has 0 rings (SSSR count). The van der Waals surface area contributed by atoms with Crippen LogP contribution in [-0.2, 0) is 4.74 Å². The third-order valence-electron chi connectivity index (χ3n) is 3.03. The predicted molar refractivity (Wildman–Crippen MR) is 75.5 cm³/mol. The van der Waals surface area contributed by atoms with Gasteiger partial charge in [0.15, 0.2) is 0 Å². The van der Waals surface area contributed by atoms with Gasteiger partial charge in [0.1, 0.15) is 0 Å². The first kappa shape index (κ1) is 16.9. The number of hydrogen-bond acceptors (Lipinski definition) is 3. The minimum absolute atomic E-state index is 0.336. The van der Waals surface area contributed by atoms with Gasteiger partial charge in [-0.3, -0.25) is 0 Å². The summed E-state index contributed by atoms with van der Waals surface area (Å²) < 4.78 is 5.59. The molecule has 0 bridgehead atoms. The first-order valence-corrected chi connectivity index (χ1v) is 6.88. The number of ether oxygens (including phenoxy) is 1. The average molecular weight is 244 g/mol. The fraction of sp³-hybridized carbons (Fsp3) is 1.00. The zero-order chi connectivity index (χ0) is 13.3. The minimum Gasteiger partial charge on any atom is -0.377 e. The molecular weight excluding hydrogens is 212 g/mol. The summed E-state index contributed by atoms with van der Waals surface area (Å²) in [4.78, 5) is 2.38. The topological polar surface area (TPSA) is 24.5 Å². The van der Waals surface area contributed by atoms with E-state index < -0.39 is 0 Å². The van der Waals surface area contributed by atoms with Gasteiger partial charge in [0.25, 0.3) is 0 Å². The lowest BCUT2D eigenvalue weighted by Gasteiger charge is -2.33. The summed E-state index contributed by atoms with van der Waals surface area (Å²) in [6.45, 7) is 12.9. The van der Waals surface area contributed by atoms with Crippen LogP contribution >= 0.6 is 0 Å². The van der Waals surface area contributed by atoms with Gasteiger partial charge >= 0.3 is 0 Å². The maximum Gasteiger partial charge on any atom is 0.0596 e. The van der Waals surface area contributed by atoms with Crippen molar-refractivity contribution in [3.05, 3.63) is 0 Å². The third kappa shape index (κ3) is 8.58. The predicted octanol–water partition coefficient (Wildman–Crippen LogP) is 2.37. The van der Waals surface area contributed by atoms with Crippen molar-refractivity contribution in [1.82, 2.24) is 10.2 Å². The van der Waals surface area contributed by atoms with E-state index in [1.807, 2.05) is 7.05 Å². The Morgan fingerprint density at radius 1 is 1.35 bits per heavy atom. The van der Waals surface area contributed by atoms with Crippen LogP contribution in [0.5, 0.6) is 0 Å². The lowest BCUT2D eigenvalue weighted by molar-refractivity contribution is 0.0549. The van der Waals surface area contributed by atoms with Crippen LogP contribution in [0.15, 0.2) is 0 Å². The summed E-state index contributed by atoms with van der Waals surface area (Å²) in [6, 6.07) is 0. The van der Waals surface area contributed by atoms with Crippen molar-refractivity contribution in [2.45, 2.75) is 46.6 Å². The Morgan fingerprint density at radius 2 is 2.00 bits per heavy atom. The summed E-state index contributed by atoms with van der Waals surface area (Å²) in [5.74, 6) is 0. The van der Waals surface area contributed by atoms with Crippen molar-refractivity contribution in [2.24, 2.45) is 5.41 Å². The van der Waals surface area contributed by atoms with Crippen LogP contribution in [0.2, 0.25) is 0 Å². The number of hydrogen-bond donors (Lipinski definition) is 1. The molecule has 0 aliphatic rings. The SMILES string of the molecule is CCCC(C)(CNC)CN(C)CCOC(C)C. The van der Waals surface area contributed by atoms with Crippen LogP contribution < -0.4 is 5.32 Å². The molecule has 0 aromatic rings. The smallest absolute Gasteiger partial charge is 0.0596 e. The second-order valence-corrected chi connectivity index (χ2v) is 5.75. The molecule has 0 saturated carbocycles. The van der Waals surface area contributed by atoms with E-state index in [-0.39, 0.29) is 0 Å². The molecule has 0 amide bonds. The molecule has 1 N–H and O–H groups in total. The van der Waals surface area contributed by atoms with Crippen molar-refractivity contribution < 1.29 is 4.74 Å². The highest BCUT2D eigenvalue weighted by atomic mass is 16.5. The Morgan fingerprint density at radius 3 is 2.47 bits per heavy atom. The average Bonchev–Trinajstić information content (AvgIpc) is 2.16. The highest BCUT2D eigenvalue weighted by Crippen LogP contribution is 2.23. The number of nitrogens with one attached hydrogen (secondary N) is 1. The molecule has 17 heavy (non-hydrogen) atoms. The molecule has 104 valence electrons. The zero-order valence-electron chi connectivity index (χ0n) is 12.7. The maximum absolute atomic E-state index is 5.59. The molecule has 0 spiro atoms. The lowest BCUT2D eigenvalue weighted by atomic mass is 9.85. The highest BCUT2D eigenvalue weighted by Gasteiger charge is 2.24. The summed E-state index contributed by atoms with van der Waals surface area (Å²) in [6.07, 6.45) is 2.85. The second-order valence-electron chi connectivity index (χ2n) is 5.75. The van der Waals surface area contributed by atoms with E-state index in [9.17, 15) is 0 Å². The number of rotatable bonds is 10. The molecule has 3 heteroatoms. The van der Waals surface area contributed by atoms with Crippen LogP contribution in [0, 0.1) is 5.41 Å². The van der Waals surface area contributed by atoms with E-state index in [0.717, 1.165) is 26.2 Å². The monoisotopic (exact) mass is 244 g/mol. The number of nitrogens with zero attached hydrogens (tertiary/aromatic N) is 1. The molecule has 0 radical (unpaired) electrons. The molecule has 3 nitrogen and oxygen atoms in total. The highest BCUT2D eigenvalue weighted by molar-refractivity contribution is 4.79. The van der Waals surface area contributed by atoms with Crippen LogP contribution in [0.4, 0.5) is 0 Å². The Labute approximate surface area is 108 Å². The van der Waals surface area contributed by atoms with Crippen molar-refractivity contribution in [3.63, 3.8) is 0 Å². The van der Waals surface area contributed by atoms with Crippen molar-refractivity contribution in [2.75, 3.05) is 40.3 Å². The molecule has 0 fully saturated rings. The zero-order valence-corrected chi connectivity index (χ0v) is 12.7. The first-order chi connectivity index (χ1) is 7.93. The van der Waals surface area contributed by atoms with Crippen molar-refractivity contribution in [3.8, 4) is 0 Å². The van der Waals surface area contributed by atoms with Gasteiger partial charge < -0.3 is 15.0 Å². The molecule has 0 aromatic carbocycles. The van der Waals surface area contributed by atoms with Crippen LogP contribution in [0.3, 0.4) is 0 Å². The fourth-order valence-corrected chi connectivity index (χ4v) is 2.43. The fourth-order valence-electron chi connectivity index (χ4n) is 2.43. The Kier molecular flexibility index (Phi) is 8.83. The van der Waals surface area contributed by atoms with Crippen LogP contribution in [-0.4, -0.2) is 51.3 Å². The molecule has 0 aromatic heterocycles. The van der Waals surface area contributed by atoms with Crippen molar-refractivity contribution in [1.29, 1.82) is 0 Å². The summed E-state index contributed by atoms with van der Waals surface area (Å²) >= 11 is 0. The van der Waals surface area contributed by atoms with Gasteiger partial charge in [0, 0.05) is 19.6 Å². The largest absolute Gasteiger partial charge is 0.377 e. The van der Waals surface area contributed by atoms with Gasteiger partial charge in [-0.15, -0.1) is 0 Å². The quantitative estimate of drug-likeness (QED) is 0.638. The van der Waals surface area contributed by atoms with E-state index in [1.54, 1.807) is 0 Å². The van der Waals surface area contributed by atoms with Gasteiger partial charge in [-0.1, -0.05) is 20.3 Å². The van der Waals surface area contributed by atoms with Gasteiger partial charge in [-0.05, 0) is 39.8 Å². The van der Waals surface area contributed by atoms with E-state index in [2.05, 4.69) is 45.0 Å². The molecule has 1 unspecified atom stereocenters. The summed E-state index contributed by atoms with van der Waals surface area (Å²) in [5, 5.41) is 3.31. The molecule has 1 atom stereocenters. The third-order valence-corrected chi connectivity index (χ3v) is 3.03. The summed E-state index contributed by atoms with van der Waals surface area (Å²) in [5.41, 5.74) is 0.371. The van der Waals surface area contributed by atoms with E-state index in [4.69, 9.17) is 4.74 Å². The van der Waals surface area contributed by atoms with Crippen LogP contribution in [0.1, 0.15) is 40.5 Å². The van der Waals surface area contributed by atoms with Gasteiger partial charge in [0.2, 0.25) is 0 Å². The molecule has 0 aliphatic carbocycles. The van der Waals surface area contributed by atoms with Crippen molar-refractivity contribution >= 4 is 0 Å². The Balaban J connectivity index is 3.98. The van der Waals surface area contributed by atoms with E-state index >= 15 is 0 Å². The second kappa shape index (κ2) is 8.90. The normalized spacial score (nSPS) is 15.5. The Hall–Kier alpha value is -0.120. The van der Waals surface area contributed by atoms with E-state index in [0.29, 0.717) is 11.5 Å². The van der Waals surface area contributed by atoms with Crippen LogP contribution in [0.25, 0.3) is 0 Å². The first-order valence-electron chi connectivity index (χ1n) is 6.88. The standard InChI is InChI=1S/C14H32N2O/c1-7-8-14(4,11-15-5)12-16(6)9-10-17-13(2)3/h13,15H,7-12H2,1-6H3. The van der Waals surface area contributed by atoms with Gasteiger partial charge in [-0.25, -0.2) is 0 Å². The molecule has 0 saturated heterocycles. The molecule has 0 heterocycles. The molecule has 0 aliphatic heterocycles. The Bertz CT molecular complexity index is 177. The lowest BCUT2D eigenvalue weighted by Crippen LogP contribution is -2.41. The van der Waals surface area contributed by atoms with E-state index in [1.165, 1.54) is 12.8 Å². The molecular formula is C14H32N2O. The maximum atomic E-state index is 5.59. The van der Waals surface area contributed by atoms with Gasteiger partial charge in [0.05, 0.1) is 12.7 Å². The summed E-state index contributed by atoms with van der Waals surface area (Å²) in [7, 11) is 4.23. The number of likely N-dealkylation sites (N-methyl/N-ethyl adjacent to an activating group) is 1. The van der Waals surface area contributed by atoms with Gasteiger partial charge in [-0.2, -0.15) is 0 Å².